The van der Waals surface area contributed by atoms with Crippen LogP contribution in [0.15, 0.2) is 29.2 Å². The summed E-state index contributed by atoms with van der Waals surface area (Å²) in [5, 5.41) is 14.0. The maximum Gasteiger partial charge on any atom is 0.289 e. The predicted molar refractivity (Wildman–Crippen MR) is 84.3 cm³/mol. The Kier molecular flexibility index (Phi) is 6.88. The molecule has 0 aliphatic carbocycles. The summed E-state index contributed by atoms with van der Waals surface area (Å²) in [6.07, 6.45) is 0.753. The zero-order valence-electron chi connectivity index (χ0n) is 12.9. The van der Waals surface area contributed by atoms with E-state index in [4.69, 9.17) is 0 Å². The first-order valence-electron chi connectivity index (χ1n) is 6.83. The summed E-state index contributed by atoms with van der Waals surface area (Å²) >= 11 is 0. The Morgan fingerprint density at radius 1 is 1.32 bits per heavy atom. The molecule has 0 aliphatic rings. The van der Waals surface area contributed by atoms with E-state index in [2.05, 4.69) is 10.0 Å². The fourth-order valence-electron chi connectivity index (χ4n) is 1.89. The lowest BCUT2D eigenvalue weighted by atomic mass is 10.2. The smallest absolute Gasteiger partial charge is 0.289 e. The van der Waals surface area contributed by atoms with Crippen LogP contribution in [0.4, 0.5) is 5.69 Å². The zero-order valence-corrected chi connectivity index (χ0v) is 13.8. The lowest BCUT2D eigenvalue weighted by Gasteiger charge is -2.19. The van der Waals surface area contributed by atoms with Crippen molar-refractivity contribution in [3.63, 3.8) is 0 Å². The highest BCUT2D eigenvalue weighted by Gasteiger charge is 2.25. The largest absolute Gasteiger partial charge is 0.316 e. The van der Waals surface area contributed by atoms with Crippen molar-refractivity contribution in [3.05, 3.63) is 34.4 Å². The molecule has 8 nitrogen and oxygen atoms in total. The van der Waals surface area contributed by atoms with E-state index in [1.807, 2.05) is 19.0 Å². The van der Waals surface area contributed by atoms with Gasteiger partial charge in [0.1, 0.15) is 0 Å². The number of nitro groups is 1. The lowest BCUT2D eigenvalue weighted by molar-refractivity contribution is -0.387. The number of sulfonamides is 1. The molecule has 2 N–H and O–H groups in total. The van der Waals surface area contributed by atoms with Crippen LogP contribution in [-0.4, -0.2) is 58.5 Å². The summed E-state index contributed by atoms with van der Waals surface area (Å²) in [6.45, 7) is 0.970. The quantitative estimate of drug-likeness (QED) is 0.502. The molecule has 0 saturated carbocycles. The van der Waals surface area contributed by atoms with E-state index < -0.39 is 20.6 Å². The van der Waals surface area contributed by atoms with Crippen LogP contribution in [0.5, 0.6) is 0 Å². The van der Waals surface area contributed by atoms with Crippen molar-refractivity contribution in [2.45, 2.75) is 17.4 Å². The summed E-state index contributed by atoms with van der Waals surface area (Å²) in [7, 11) is 1.69. The molecule has 22 heavy (non-hydrogen) atoms. The molecule has 0 amide bonds. The lowest BCUT2D eigenvalue weighted by Crippen LogP contribution is -2.40. The third-order valence-corrected chi connectivity index (χ3v) is 4.68. The Morgan fingerprint density at radius 2 is 1.95 bits per heavy atom. The van der Waals surface area contributed by atoms with Gasteiger partial charge >= 0.3 is 0 Å². The highest BCUT2D eigenvalue weighted by Crippen LogP contribution is 2.22. The average Bonchev–Trinajstić information content (AvgIpc) is 2.47. The monoisotopic (exact) mass is 330 g/mol. The van der Waals surface area contributed by atoms with Crippen LogP contribution >= 0.6 is 0 Å². The minimum atomic E-state index is -3.92. The number of nitrogens with one attached hydrogen (secondary N) is 2. The molecule has 0 aliphatic heterocycles. The van der Waals surface area contributed by atoms with Crippen molar-refractivity contribution in [1.82, 2.24) is 14.9 Å². The van der Waals surface area contributed by atoms with Crippen LogP contribution in [0.1, 0.15) is 6.42 Å². The van der Waals surface area contributed by atoms with E-state index in [-0.39, 0.29) is 17.5 Å². The van der Waals surface area contributed by atoms with Gasteiger partial charge in [0.2, 0.25) is 10.0 Å². The number of benzene rings is 1. The number of rotatable bonds is 9. The van der Waals surface area contributed by atoms with Gasteiger partial charge in [-0.25, -0.2) is 13.1 Å². The molecule has 1 aromatic carbocycles. The van der Waals surface area contributed by atoms with Crippen molar-refractivity contribution in [2.24, 2.45) is 0 Å². The second-order valence-corrected chi connectivity index (χ2v) is 6.89. The van der Waals surface area contributed by atoms with E-state index in [1.54, 1.807) is 7.05 Å². The van der Waals surface area contributed by atoms with E-state index >= 15 is 0 Å². The Labute approximate surface area is 130 Å². The molecule has 0 radical (unpaired) electrons. The summed E-state index contributed by atoms with van der Waals surface area (Å²) in [4.78, 5) is 11.9. The van der Waals surface area contributed by atoms with Gasteiger partial charge in [0, 0.05) is 18.7 Å². The van der Waals surface area contributed by atoms with Gasteiger partial charge in [-0.1, -0.05) is 12.1 Å². The first-order valence-corrected chi connectivity index (χ1v) is 8.31. The normalized spacial score (nSPS) is 13.3. The molecule has 0 fully saturated rings. The fourth-order valence-corrected chi connectivity index (χ4v) is 3.14. The highest BCUT2D eigenvalue weighted by atomic mass is 32.2. The van der Waals surface area contributed by atoms with Crippen molar-refractivity contribution < 1.29 is 13.3 Å². The summed E-state index contributed by atoms with van der Waals surface area (Å²) < 4.78 is 27.0. The van der Waals surface area contributed by atoms with E-state index in [0.29, 0.717) is 0 Å². The second-order valence-electron chi connectivity index (χ2n) is 5.15. The van der Waals surface area contributed by atoms with Crippen molar-refractivity contribution in [2.75, 3.05) is 34.2 Å². The van der Waals surface area contributed by atoms with Crippen LogP contribution in [-0.2, 0) is 10.0 Å². The molecule has 0 aromatic heterocycles. The molecular formula is C13H22N4O4S. The van der Waals surface area contributed by atoms with Crippen LogP contribution < -0.4 is 10.0 Å². The van der Waals surface area contributed by atoms with E-state index in [9.17, 15) is 18.5 Å². The van der Waals surface area contributed by atoms with Crippen molar-refractivity contribution in [1.29, 1.82) is 0 Å². The van der Waals surface area contributed by atoms with Gasteiger partial charge < -0.3 is 10.2 Å². The Morgan fingerprint density at radius 3 is 2.50 bits per heavy atom. The molecule has 124 valence electrons. The van der Waals surface area contributed by atoms with Gasteiger partial charge in [0.25, 0.3) is 5.69 Å². The molecule has 0 unspecified atom stereocenters. The molecule has 0 bridgehead atoms. The molecule has 0 saturated heterocycles. The Balaban J connectivity index is 2.81. The molecule has 9 heteroatoms. The average molecular weight is 330 g/mol. The summed E-state index contributed by atoms with van der Waals surface area (Å²) in [5.74, 6) is 0. The van der Waals surface area contributed by atoms with E-state index in [1.165, 1.54) is 24.3 Å². The first-order chi connectivity index (χ1) is 10.3. The summed E-state index contributed by atoms with van der Waals surface area (Å²) in [5.41, 5.74) is -0.427. The Hall–Kier alpha value is -1.55. The van der Waals surface area contributed by atoms with Gasteiger partial charge in [-0.2, -0.15) is 0 Å². The summed E-state index contributed by atoms with van der Waals surface area (Å²) in [6, 6.07) is 5.25. The number of nitrogens with zero attached hydrogens (tertiary/aromatic N) is 2. The standard InChI is InChI=1S/C13H22N4O4S/c1-14-11(8-9-16(2)3)10-15-22(20,21)13-7-5-4-6-12(13)17(18)19/h4-7,11,14-15H,8-10H2,1-3H3/t11-/m0/s1. The van der Waals surface area contributed by atoms with Gasteiger partial charge in [-0.3, -0.25) is 10.1 Å². The maximum absolute atomic E-state index is 12.3. The molecule has 1 aromatic rings. The van der Waals surface area contributed by atoms with E-state index in [0.717, 1.165) is 13.0 Å². The van der Waals surface area contributed by atoms with Gasteiger partial charge in [0.15, 0.2) is 4.90 Å². The van der Waals surface area contributed by atoms with Crippen molar-refractivity contribution in [3.8, 4) is 0 Å². The third-order valence-electron chi connectivity index (χ3n) is 3.20. The maximum atomic E-state index is 12.3. The zero-order chi connectivity index (χ0) is 16.8. The van der Waals surface area contributed by atoms with Gasteiger partial charge in [-0.05, 0) is 40.2 Å². The molecule has 1 rings (SSSR count). The molecule has 1 atom stereocenters. The number of hydrogen-bond donors (Lipinski definition) is 2. The minimum Gasteiger partial charge on any atom is -0.316 e. The number of hydrogen-bond acceptors (Lipinski definition) is 6. The highest BCUT2D eigenvalue weighted by molar-refractivity contribution is 7.89. The molecule has 0 heterocycles. The van der Waals surface area contributed by atoms with Crippen LogP contribution in [0.2, 0.25) is 0 Å². The topological polar surface area (TPSA) is 105 Å². The van der Waals surface area contributed by atoms with Crippen LogP contribution in [0, 0.1) is 10.1 Å². The number of likely N-dealkylation sites (N-methyl/N-ethyl adjacent to an activating group) is 1. The van der Waals surface area contributed by atoms with Crippen LogP contribution in [0.3, 0.4) is 0 Å². The molecule has 0 spiro atoms. The van der Waals surface area contributed by atoms with Gasteiger partial charge in [-0.15, -0.1) is 0 Å². The fraction of sp³-hybridized carbons (Fsp3) is 0.538. The number of nitro benzene ring substituents is 1. The minimum absolute atomic E-state index is 0.0556. The third kappa shape index (κ3) is 5.34. The van der Waals surface area contributed by atoms with Crippen LogP contribution in [0.25, 0.3) is 0 Å². The Bertz CT molecular complexity index is 604. The SMILES string of the molecule is CN[C@@H](CCN(C)C)CNS(=O)(=O)c1ccccc1[N+](=O)[O-]. The predicted octanol–water partition coefficient (Wildman–Crippen LogP) is 0.413. The van der Waals surface area contributed by atoms with Gasteiger partial charge in [0.05, 0.1) is 4.92 Å². The first kappa shape index (κ1) is 18.5. The molecular weight excluding hydrogens is 308 g/mol. The number of para-hydroxylation sites is 1. The second kappa shape index (κ2) is 8.18. The van der Waals surface area contributed by atoms with Crippen molar-refractivity contribution >= 4 is 15.7 Å².